The average molecular weight is 433 g/mol. The Morgan fingerprint density at radius 3 is 2.68 bits per heavy atom. The molecule has 0 amide bonds. The van der Waals surface area contributed by atoms with Crippen molar-refractivity contribution in [3.63, 3.8) is 0 Å². The van der Waals surface area contributed by atoms with Crippen molar-refractivity contribution >= 4 is 5.97 Å². The average Bonchev–Trinajstić information content (AvgIpc) is 2.77. The number of hydrogen-bond donors (Lipinski definition) is 3. The van der Waals surface area contributed by atoms with Crippen LogP contribution in [0.5, 0.6) is 0 Å². The summed E-state index contributed by atoms with van der Waals surface area (Å²) in [5.74, 6) is 6.02. The first kappa shape index (κ1) is 24.3. The van der Waals surface area contributed by atoms with Crippen molar-refractivity contribution in [3.8, 4) is 11.8 Å². The van der Waals surface area contributed by atoms with Gasteiger partial charge in [0.05, 0.1) is 17.6 Å². The molecule has 3 saturated carbocycles. The molecule has 5 heteroatoms. The van der Waals surface area contributed by atoms with Gasteiger partial charge in [-0.3, -0.25) is 4.79 Å². The molecule has 2 unspecified atom stereocenters. The molecule has 3 rings (SSSR count). The van der Waals surface area contributed by atoms with E-state index in [1.165, 1.54) is 12.0 Å². The lowest BCUT2D eigenvalue weighted by atomic mass is 9.47. The molecule has 0 saturated heterocycles. The normalized spacial score (nSPS) is 35.5. The smallest absolute Gasteiger partial charge is 0.303 e. The molecule has 31 heavy (non-hydrogen) atoms. The van der Waals surface area contributed by atoms with Crippen molar-refractivity contribution < 1.29 is 24.9 Å². The molecule has 3 fully saturated rings. The first-order valence-electron chi connectivity index (χ1n) is 12.3. The van der Waals surface area contributed by atoms with Crippen LogP contribution in [0.3, 0.4) is 0 Å². The van der Waals surface area contributed by atoms with Crippen LogP contribution in [0.2, 0.25) is 0 Å². The van der Waals surface area contributed by atoms with E-state index in [4.69, 9.17) is 9.84 Å². The van der Waals surface area contributed by atoms with Gasteiger partial charge < -0.3 is 20.1 Å². The van der Waals surface area contributed by atoms with Crippen LogP contribution in [0.15, 0.2) is 11.6 Å². The van der Waals surface area contributed by atoms with Gasteiger partial charge in [-0.05, 0) is 55.9 Å². The minimum atomic E-state index is -0.788. The molecule has 0 aromatic rings. The van der Waals surface area contributed by atoms with E-state index in [0.717, 1.165) is 51.4 Å². The van der Waals surface area contributed by atoms with E-state index in [1.54, 1.807) is 7.11 Å². The summed E-state index contributed by atoms with van der Waals surface area (Å²) < 4.78 is 6.10. The lowest BCUT2D eigenvalue weighted by molar-refractivity contribution is -0.167. The fourth-order valence-corrected chi connectivity index (χ4v) is 6.29. The summed E-state index contributed by atoms with van der Waals surface area (Å²) in [6.07, 6.45) is 11.7. The predicted molar refractivity (Wildman–Crippen MR) is 120 cm³/mol. The van der Waals surface area contributed by atoms with E-state index in [0.29, 0.717) is 12.8 Å². The van der Waals surface area contributed by atoms with Gasteiger partial charge >= 0.3 is 5.97 Å². The SMILES string of the molecule is CCCCC1C(=CCCC(=O)O)[C@]2(OC)CC[C@H](O)[C@@H](C#CC(O)C3CCCCC3)[C@H]12. The number of carbonyl (C=O) groups is 1. The van der Waals surface area contributed by atoms with Gasteiger partial charge in [0.25, 0.3) is 0 Å². The number of aliphatic hydroxyl groups is 2. The second-order valence-electron chi connectivity index (χ2n) is 9.72. The highest BCUT2D eigenvalue weighted by molar-refractivity contribution is 5.66. The molecule has 3 aliphatic rings. The van der Waals surface area contributed by atoms with E-state index in [-0.39, 0.29) is 30.1 Å². The topological polar surface area (TPSA) is 87.0 Å². The Balaban J connectivity index is 1.83. The summed E-state index contributed by atoms with van der Waals surface area (Å²) in [4.78, 5) is 11.0. The van der Waals surface area contributed by atoms with Crippen molar-refractivity contribution in [3.05, 3.63) is 11.6 Å². The highest BCUT2D eigenvalue weighted by atomic mass is 16.5. The maximum atomic E-state index is 11.0. The van der Waals surface area contributed by atoms with Gasteiger partial charge in [-0.2, -0.15) is 0 Å². The minimum Gasteiger partial charge on any atom is -0.481 e. The van der Waals surface area contributed by atoms with Crippen LogP contribution in [0.4, 0.5) is 0 Å². The number of carboxylic acids is 1. The van der Waals surface area contributed by atoms with Gasteiger partial charge in [-0.1, -0.05) is 56.9 Å². The molecular weight excluding hydrogens is 392 g/mol. The standard InChI is InChI=1S/C26H40O5/c1-3-4-11-19-21(12-8-13-24(29)30)26(31-2)17-16-23(28)20(25(19)26)14-15-22(27)18-9-6-5-7-10-18/h12,18-20,22-23,25,27-28H,3-11,13,16-17H2,1-2H3,(H,29,30)/t19?,20-,22?,23+,25+,26-/m1/s1. The third-order valence-corrected chi connectivity index (χ3v) is 7.92. The summed E-state index contributed by atoms with van der Waals surface area (Å²) in [7, 11) is 1.73. The van der Waals surface area contributed by atoms with Crippen molar-refractivity contribution in [1.82, 2.24) is 0 Å². The zero-order chi connectivity index (χ0) is 22.4. The van der Waals surface area contributed by atoms with Crippen molar-refractivity contribution in [1.29, 1.82) is 0 Å². The number of fused-ring (bicyclic) bond motifs is 1. The van der Waals surface area contributed by atoms with Gasteiger partial charge in [0.15, 0.2) is 0 Å². The predicted octanol–water partition coefficient (Wildman–Crippen LogP) is 4.31. The molecular formula is C26H40O5. The summed E-state index contributed by atoms with van der Waals surface area (Å²) in [6, 6.07) is 0. The molecule has 174 valence electrons. The van der Waals surface area contributed by atoms with E-state index in [2.05, 4.69) is 24.8 Å². The van der Waals surface area contributed by atoms with E-state index < -0.39 is 23.8 Å². The van der Waals surface area contributed by atoms with Gasteiger partial charge in [0.1, 0.15) is 6.10 Å². The largest absolute Gasteiger partial charge is 0.481 e. The Morgan fingerprint density at radius 2 is 2.03 bits per heavy atom. The summed E-state index contributed by atoms with van der Waals surface area (Å²) >= 11 is 0. The van der Waals surface area contributed by atoms with Gasteiger partial charge in [-0.15, -0.1) is 0 Å². The maximum Gasteiger partial charge on any atom is 0.303 e. The fraction of sp³-hybridized carbons (Fsp3) is 0.808. The number of aliphatic carboxylic acids is 1. The molecule has 0 aromatic carbocycles. The molecule has 5 nitrogen and oxygen atoms in total. The van der Waals surface area contributed by atoms with Crippen LogP contribution >= 0.6 is 0 Å². The Bertz CT molecular complexity index is 698. The number of methoxy groups -OCH3 is 1. The minimum absolute atomic E-state index is 0.0925. The molecule has 3 N–H and O–H groups in total. The van der Waals surface area contributed by atoms with Crippen LogP contribution in [0.25, 0.3) is 0 Å². The second kappa shape index (κ2) is 11.0. The second-order valence-corrected chi connectivity index (χ2v) is 9.72. The quantitative estimate of drug-likeness (QED) is 0.393. The van der Waals surface area contributed by atoms with E-state index in [9.17, 15) is 15.0 Å². The zero-order valence-electron chi connectivity index (χ0n) is 19.2. The molecule has 0 bridgehead atoms. The molecule has 0 aliphatic heterocycles. The van der Waals surface area contributed by atoms with E-state index >= 15 is 0 Å². The number of aliphatic hydroxyl groups excluding tert-OH is 2. The van der Waals surface area contributed by atoms with Crippen LogP contribution in [0.1, 0.15) is 84.0 Å². The number of rotatable bonds is 8. The fourth-order valence-electron chi connectivity index (χ4n) is 6.29. The number of ether oxygens (including phenoxy) is 1. The highest BCUT2D eigenvalue weighted by Gasteiger charge is 2.63. The molecule has 3 aliphatic carbocycles. The molecule has 0 spiro atoms. The number of hydrogen-bond acceptors (Lipinski definition) is 4. The van der Waals surface area contributed by atoms with Gasteiger partial charge in [0, 0.05) is 19.4 Å². The monoisotopic (exact) mass is 432 g/mol. The molecule has 0 aromatic heterocycles. The van der Waals surface area contributed by atoms with Crippen LogP contribution < -0.4 is 0 Å². The third-order valence-electron chi connectivity index (χ3n) is 7.92. The Kier molecular flexibility index (Phi) is 8.61. The number of carboxylic acid groups (broad SMARTS) is 1. The molecule has 0 heterocycles. The van der Waals surface area contributed by atoms with Gasteiger partial charge in [-0.25, -0.2) is 0 Å². The lowest BCUT2D eigenvalue weighted by Crippen LogP contribution is -2.64. The first-order chi connectivity index (χ1) is 14.9. The Labute approximate surface area is 187 Å². The van der Waals surface area contributed by atoms with Crippen molar-refractivity contribution in [2.45, 2.75) is 102 Å². The van der Waals surface area contributed by atoms with Crippen LogP contribution in [0, 0.1) is 35.5 Å². The summed E-state index contributed by atoms with van der Waals surface area (Å²) in [5, 5.41) is 30.6. The Morgan fingerprint density at radius 1 is 1.29 bits per heavy atom. The third kappa shape index (κ3) is 5.18. The summed E-state index contributed by atoms with van der Waals surface area (Å²) in [5.41, 5.74) is 0.756. The molecule has 0 radical (unpaired) electrons. The lowest BCUT2D eigenvalue weighted by Gasteiger charge is -2.62. The van der Waals surface area contributed by atoms with Crippen LogP contribution in [-0.4, -0.2) is 46.2 Å². The number of allylic oxidation sites excluding steroid dienone is 1. The highest BCUT2D eigenvalue weighted by Crippen LogP contribution is 2.61. The van der Waals surface area contributed by atoms with Crippen molar-refractivity contribution in [2.24, 2.45) is 23.7 Å². The summed E-state index contributed by atoms with van der Waals surface area (Å²) in [6.45, 7) is 2.17. The van der Waals surface area contributed by atoms with Gasteiger partial charge in [0.2, 0.25) is 0 Å². The first-order valence-corrected chi connectivity index (χ1v) is 12.3. The maximum absolute atomic E-state index is 11.0. The van der Waals surface area contributed by atoms with E-state index in [1.807, 2.05) is 0 Å². The molecule has 6 atom stereocenters. The van der Waals surface area contributed by atoms with Crippen LogP contribution in [-0.2, 0) is 9.53 Å². The zero-order valence-corrected chi connectivity index (χ0v) is 19.2. The number of unbranched alkanes of at least 4 members (excludes halogenated alkanes) is 1. The Hall–Kier alpha value is -1.35. The van der Waals surface area contributed by atoms with Crippen molar-refractivity contribution in [2.75, 3.05) is 7.11 Å².